The van der Waals surface area contributed by atoms with Crippen molar-refractivity contribution in [3.05, 3.63) is 60.4 Å². The van der Waals surface area contributed by atoms with Crippen molar-refractivity contribution < 1.29 is 9.18 Å². The number of nitrogens with zero attached hydrogens (tertiary/aromatic N) is 2. The molecule has 25 heavy (non-hydrogen) atoms. The fourth-order valence-electron chi connectivity index (χ4n) is 2.91. The first-order valence-electron chi connectivity index (χ1n) is 8.53. The lowest BCUT2D eigenvalue weighted by molar-refractivity contribution is 0.240. The Morgan fingerprint density at radius 1 is 0.960 bits per heavy atom. The Morgan fingerprint density at radius 2 is 1.64 bits per heavy atom. The first-order valence-corrected chi connectivity index (χ1v) is 8.53. The molecule has 0 spiro atoms. The first-order chi connectivity index (χ1) is 12.2. The minimum atomic E-state index is -0.206. The minimum Gasteiger partial charge on any atom is -0.369 e. The molecule has 2 aromatic rings. The van der Waals surface area contributed by atoms with Crippen LogP contribution in [0.4, 0.5) is 20.6 Å². The fraction of sp³-hybridized carbons (Fsp3) is 0.316. The van der Waals surface area contributed by atoms with E-state index in [1.807, 2.05) is 42.5 Å². The van der Waals surface area contributed by atoms with Crippen LogP contribution in [0.25, 0.3) is 0 Å². The lowest BCUT2D eigenvalue weighted by Gasteiger charge is -2.36. The molecule has 0 bridgehead atoms. The number of amides is 2. The van der Waals surface area contributed by atoms with Gasteiger partial charge in [0.05, 0.1) is 0 Å². The number of benzene rings is 2. The van der Waals surface area contributed by atoms with Crippen molar-refractivity contribution in [3.8, 4) is 0 Å². The zero-order chi connectivity index (χ0) is 17.5. The number of halogens is 1. The summed E-state index contributed by atoms with van der Waals surface area (Å²) in [5, 5.41) is 5.69. The quantitative estimate of drug-likeness (QED) is 0.878. The third-order valence-electron chi connectivity index (χ3n) is 4.31. The van der Waals surface area contributed by atoms with Gasteiger partial charge >= 0.3 is 6.03 Å². The van der Waals surface area contributed by atoms with Gasteiger partial charge in [-0.3, -0.25) is 4.90 Å². The van der Waals surface area contributed by atoms with Crippen LogP contribution < -0.4 is 15.5 Å². The van der Waals surface area contributed by atoms with E-state index in [1.165, 1.54) is 12.1 Å². The van der Waals surface area contributed by atoms with Crippen molar-refractivity contribution in [2.45, 2.75) is 0 Å². The highest BCUT2D eigenvalue weighted by atomic mass is 19.1. The summed E-state index contributed by atoms with van der Waals surface area (Å²) in [5.74, 6) is -0.206. The van der Waals surface area contributed by atoms with E-state index >= 15 is 0 Å². The Kier molecular flexibility index (Phi) is 5.85. The summed E-state index contributed by atoms with van der Waals surface area (Å²) in [4.78, 5) is 16.4. The van der Waals surface area contributed by atoms with Gasteiger partial charge in [0.15, 0.2) is 0 Å². The molecule has 2 aromatic carbocycles. The van der Waals surface area contributed by atoms with Crippen LogP contribution in [-0.2, 0) is 0 Å². The van der Waals surface area contributed by atoms with Crippen molar-refractivity contribution in [2.75, 3.05) is 49.5 Å². The van der Waals surface area contributed by atoms with Crippen molar-refractivity contribution in [2.24, 2.45) is 0 Å². The number of hydrogen-bond donors (Lipinski definition) is 2. The Bertz CT molecular complexity index is 670. The van der Waals surface area contributed by atoms with Gasteiger partial charge in [-0.05, 0) is 36.4 Å². The highest BCUT2D eigenvalue weighted by Crippen LogP contribution is 2.16. The molecule has 0 atom stereocenters. The molecule has 0 aromatic heterocycles. The van der Waals surface area contributed by atoms with Gasteiger partial charge < -0.3 is 15.5 Å². The minimum absolute atomic E-state index is 0.184. The first kappa shape index (κ1) is 17.2. The number of hydrogen-bond acceptors (Lipinski definition) is 3. The van der Waals surface area contributed by atoms with E-state index in [-0.39, 0.29) is 11.8 Å². The van der Waals surface area contributed by atoms with Gasteiger partial charge in [-0.25, -0.2) is 9.18 Å². The molecule has 1 heterocycles. The fourth-order valence-corrected chi connectivity index (χ4v) is 2.91. The van der Waals surface area contributed by atoms with Crippen LogP contribution in [-0.4, -0.2) is 50.2 Å². The number of carbonyl (C=O) groups is 1. The van der Waals surface area contributed by atoms with E-state index in [9.17, 15) is 9.18 Å². The highest BCUT2D eigenvalue weighted by molar-refractivity contribution is 5.89. The van der Waals surface area contributed by atoms with Crippen LogP contribution >= 0.6 is 0 Å². The molecule has 132 valence electrons. The van der Waals surface area contributed by atoms with Crippen LogP contribution in [0.2, 0.25) is 0 Å². The second-order valence-corrected chi connectivity index (χ2v) is 6.05. The van der Waals surface area contributed by atoms with Crippen molar-refractivity contribution in [3.63, 3.8) is 0 Å². The molecule has 1 aliphatic heterocycles. The molecule has 1 saturated heterocycles. The largest absolute Gasteiger partial charge is 0.369 e. The Hall–Kier alpha value is -2.60. The maximum atomic E-state index is 13.0. The summed E-state index contributed by atoms with van der Waals surface area (Å²) < 4.78 is 13.0. The molecule has 2 N–H and O–H groups in total. The van der Waals surface area contributed by atoms with Gasteiger partial charge in [0.25, 0.3) is 0 Å². The number of nitrogens with one attached hydrogen (secondary N) is 2. The number of anilines is 2. The zero-order valence-corrected chi connectivity index (χ0v) is 14.1. The lowest BCUT2D eigenvalue weighted by Crippen LogP contribution is -2.48. The molecular weight excluding hydrogens is 319 g/mol. The third-order valence-corrected chi connectivity index (χ3v) is 4.31. The maximum absolute atomic E-state index is 13.0. The van der Waals surface area contributed by atoms with Gasteiger partial charge in [-0.2, -0.15) is 0 Å². The van der Waals surface area contributed by atoms with E-state index in [4.69, 9.17) is 0 Å². The van der Waals surface area contributed by atoms with Crippen LogP contribution in [0.1, 0.15) is 0 Å². The Morgan fingerprint density at radius 3 is 2.32 bits per heavy atom. The number of carbonyl (C=O) groups excluding carboxylic acids is 1. The van der Waals surface area contributed by atoms with Gasteiger partial charge in [0.2, 0.25) is 0 Å². The predicted molar refractivity (Wildman–Crippen MR) is 98.5 cm³/mol. The normalized spacial score (nSPS) is 15.0. The number of para-hydroxylation sites is 1. The topological polar surface area (TPSA) is 47.6 Å². The van der Waals surface area contributed by atoms with Crippen LogP contribution in [0.15, 0.2) is 54.6 Å². The van der Waals surface area contributed by atoms with Gasteiger partial charge in [-0.15, -0.1) is 0 Å². The van der Waals surface area contributed by atoms with E-state index in [0.717, 1.165) is 44.1 Å². The monoisotopic (exact) mass is 342 g/mol. The summed E-state index contributed by atoms with van der Waals surface area (Å²) in [7, 11) is 0. The standard InChI is InChI=1S/C19H23FN4O/c20-16-6-8-18(9-7-16)24-14-12-23(13-15-24)11-10-21-19(25)22-17-4-2-1-3-5-17/h1-9H,10-15H2,(H2,21,22,25). The molecule has 0 radical (unpaired) electrons. The van der Waals surface area contributed by atoms with Crippen molar-refractivity contribution >= 4 is 17.4 Å². The summed E-state index contributed by atoms with van der Waals surface area (Å²) in [6.45, 7) is 5.09. The molecule has 1 fully saturated rings. The zero-order valence-electron chi connectivity index (χ0n) is 14.1. The van der Waals surface area contributed by atoms with E-state index in [0.29, 0.717) is 6.54 Å². The van der Waals surface area contributed by atoms with Gasteiger partial charge in [0, 0.05) is 50.6 Å². The summed E-state index contributed by atoms with van der Waals surface area (Å²) in [6, 6.07) is 15.8. The SMILES string of the molecule is O=C(NCCN1CCN(c2ccc(F)cc2)CC1)Nc1ccccc1. The molecular formula is C19H23FN4O. The average Bonchev–Trinajstić information content (AvgIpc) is 2.64. The second kappa shape index (κ2) is 8.48. The summed E-state index contributed by atoms with van der Waals surface area (Å²) >= 11 is 0. The smallest absolute Gasteiger partial charge is 0.319 e. The molecule has 0 unspecified atom stereocenters. The van der Waals surface area contributed by atoms with Crippen LogP contribution in [0, 0.1) is 5.82 Å². The summed E-state index contributed by atoms with van der Waals surface area (Å²) in [5.41, 5.74) is 1.84. The van der Waals surface area contributed by atoms with Gasteiger partial charge in [0.1, 0.15) is 5.82 Å². The molecule has 3 rings (SSSR count). The highest BCUT2D eigenvalue weighted by Gasteiger charge is 2.17. The Balaban J connectivity index is 1.35. The number of piperazine rings is 1. The lowest BCUT2D eigenvalue weighted by atomic mass is 10.2. The van der Waals surface area contributed by atoms with Crippen LogP contribution in [0.5, 0.6) is 0 Å². The molecule has 5 nitrogen and oxygen atoms in total. The average molecular weight is 342 g/mol. The number of rotatable bonds is 5. The molecule has 1 aliphatic rings. The van der Waals surface area contributed by atoms with Crippen LogP contribution in [0.3, 0.4) is 0 Å². The van der Waals surface area contributed by atoms with E-state index < -0.39 is 0 Å². The maximum Gasteiger partial charge on any atom is 0.319 e. The second-order valence-electron chi connectivity index (χ2n) is 6.05. The molecule has 0 aliphatic carbocycles. The third kappa shape index (κ3) is 5.19. The van der Waals surface area contributed by atoms with Gasteiger partial charge in [-0.1, -0.05) is 18.2 Å². The van der Waals surface area contributed by atoms with Crippen molar-refractivity contribution in [1.82, 2.24) is 10.2 Å². The summed E-state index contributed by atoms with van der Waals surface area (Å²) in [6.07, 6.45) is 0. The van der Waals surface area contributed by atoms with E-state index in [2.05, 4.69) is 20.4 Å². The van der Waals surface area contributed by atoms with Crippen molar-refractivity contribution in [1.29, 1.82) is 0 Å². The molecule has 0 saturated carbocycles. The Labute approximate surface area is 147 Å². The molecule has 6 heteroatoms. The van der Waals surface area contributed by atoms with E-state index in [1.54, 1.807) is 0 Å². The number of urea groups is 1. The predicted octanol–water partition coefficient (Wildman–Crippen LogP) is 2.77. The molecule has 2 amide bonds.